The average Bonchev–Trinajstić information content (AvgIpc) is 2.75. The van der Waals surface area contributed by atoms with E-state index in [2.05, 4.69) is 0 Å². The van der Waals surface area contributed by atoms with Gasteiger partial charge in [-0.2, -0.15) is 0 Å². The summed E-state index contributed by atoms with van der Waals surface area (Å²) >= 11 is 0. The molecule has 3 unspecified atom stereocenters. The van der Waals surface area contributed by atoms with E-state index in [0.29, 0.717) is 0 Å². The first kappa shape index (κ1) is 26.1. The molecule has 0 aromatic rings. The predicted octanol–water partition coefficient (Wildman–Crippen LogP) is -6.30. The standard InChI is InChI=1S/C18H37N5O9/c19-3-9-8(25)2-7(22)17(29-9)31-15-5(20)1-6(21)16(14(15)28)32-18-13(27)11(23)12(26)10(4-24)30-18/h5-18,24-28H,1-4,19-23H2/t5?,6?,7-,8+,9-,10+,11+,12+,13+,14?,15+,16-,17-,18+/m0/s1. The van der Waals surface area contributed by atoms with Crippen LogP contribution in [-0.4, -0.2) is 124 Å². The van der Waals surface area contributed by atoms with Crippen LogP contribution in [0.3, 0.4) is 0 Å². The molecule has 0 aromatic heterocycles. The van der Waals surface area contributed by atoms with E-state index in [1.54, 1.807) is 0 Å². The summed E-state index contributed by atoms with van der Waals surface area (Å²) in [5, 5.41) is 50.7. The molecule has 15 N–H and O–H groups in total. The normalized spacial score (nSPS) is 52.7. The first-order chi connectivity index (χ1) is 15.1. The zero-order valence-electron chi connectivity index (χ0n) is 17.7. The second kappa shape index (κ2) is 10.8. The number of ether oxygens (including phenoxy) is 4. The summed E-state index contributed by atoms with van der Waals surface area (Å²) in [6.07, 6.45) is -10.8. The average molecular weight is 468 g/mol. The third-order valence-corrected chi connectivity index (χ3v) is 6.41. The van der Waals surface area contributed by atoms with Gasteiger partial charge in [0.15, 0.2) is 12.6 Å². The molecule has 2 aliphatic heterocycles. The van der Waals surface area contributed by atoms with E-state index in [9.17, 15) is 25.5 Å². The van der Waals surface area contributed by atoms with Gasteiger partial charge < -0.3 is 73.1 Å². The van der Waals surface area contributed by atoms with Crippen LogP contribution in [0.1, 0.15) is 12.8 Å². The fraction of sp³-hybridized carbons (Fsp3) is 1.00. The van der Waals surface area contributed by atoms with Crippen molar-refractivity contribution in [1.82, 2.24) is 0 Å². The zero-order valence-corrected chi connectivity index (χ0v) is 17.7. The molecule has 0 spiro atoms. The SMILES string of the molecule is NC[C@@H]1O[C@@H](O[C@@H]2C(N)CC(N)[C@H](O[C@H]3O[C@H](CO)[C@@H](O)[C@@H](N)[C@H]3O)C2O)[C@@H](N)C[C@H]1O. The van der Waals surface area contributed by atoms with E-state index in [4.69, 9.17) is 47.6 Å². The molecular weight excluding hydrogens is 430 g/mol. The largest absolute Gasteiger partial charge is 0.394 e. The van der Waals surface area contributed by atoms with Gasteiger partial charge in [0.2, 0.25) is 0 Å². The van der Waals surface area contributed by atoms with Crippen molar-refractivity contribution in [2.45, 2.75) is 98.4 Å². The van der Waals surface area contributed by atoms with E-state index in [1.807, 2.05) is 0 Å². The highest BCUT2D eigenvalue weighted by Gasteiger charge is 2.50. The Bertz CT molecular complexity index is 607. The zero-order chi connectivity index (χ0) is 23.7. The molecular formula is C18H37N5O9. The van der Waals surface area contributed by atoms with Crippen LogP contribution < -0.4 is 28.7 Å². The van der Waals surface area contributed by atoms with Crippen molar-refractivity contribution >= 4 is 0 Å². The molecule has 0 amide bonds. The summed E-state index contributed by atoms with van der Waals surface area (Å²) in [5.74, 6) is 0. The number of rotatable bonds is 6. The lowest BCUT2D eigenvalue weighted by Gasteiger charge is -2.47. The number of aliphatic hydroxyl groups is 5. The number of nitrogens with two attached hydrogens (primary N) is 5. The summed E-state index contributed by atoms with van der Waals surface area (Å²) in [6, 6.07) is -3.27. The maximum absolute atomic E-state index is 11.0. The maximum atomic E-state index is 11.0. The van der Waals surface area contributed by atoms with Gasteiger partial charge in [-0.05, 0) is 12.8 Å². The summed E-state index contributed by atoms with van der Waals surface area (Å²) in [6.45, 7) is -0.499. The molecule has 2 saturated heterocycles. The monoisotopic (exact) mass is 467 g/mol. The van der Waals surface area contributed by atoms with Gasteiger partial charge in [-0.3, -0.25) is 0 Å². The van der Waals surface area contributed by atoms with E-state index in [0.717, 1.165) is 0 Å². The first-order valence-electron chi connectivity index (χ1n) is 10.8. The molecule has 3 fully saturated rings. The Balaban J connectivity index is 1.70. The van der Waals surface area contributed by atoms with Crippen molar-refractivity contribution in [3.8, 4) is 0 Å². The molecule has 0 radical (unpaired) electrons. The lowest BCUT2D eigenvalue weighted by atomic mass is 9.84. The van der Waals surface area contributed by atoms with Gasteiger partial charge in [0.1, 0.15) is 36.6 Å². The van der Waals surface area contributed by atoms with Crippen LogP contribution in [0.5, 0.6) is 0 Å². The lowest BCUT2D eigenvalue weighted by Crippen LogP contribution is -2.68. The first-order valence-corrected chi connectivity index (χ1v) is 10.8. The summed E-state index contributed by atoms with van der Waals surface area (Å²) in [5.41, 5.74) is 29.8. The molecule has 0 aromatic carbocycles. The smallest absolute Gasteiger partial charge is 0.186 e. The molecule has 1 aliphatic carbocycles. The van der Waals surface area contributed by atoms with Gasteiger partial charge >= 0.3 is 0 Å². The second-order valence-corrected chi connectivity index (χ2v) is 8.78. The highest BCUT2D eigenvalue weighted by molar-refractivity contribution is 5.01. The van der Waals surface area contributed by atoms with E-state index < -0.39 is 92.2 Å². The van der Waals surface area contributed by atoms with Crippen LogP contribution in [0.2, 0.25) is 0 Å². The van der Waals surface area contributed by atoms with E-state index in [-0.39, 0.29) is 19.4 Å². The number of aliphatic hydroxyl groups excluding tert-OH is 5. The third kappa shape index (κ3) is 5.24. The van der Waals surface area contributed by atoms with Gasteiger partial charge in [-0.1, -0.05) is 0 Å². The Hall–Kier alpha value is -0.560. The summed E-state index contributed by atoms with van der Waals surface area (Å²) < 4.78 is 22.7. The summed E-state index contributed by atoms with van der Waals surface area (Å²) in [4.78, 5) is 0. The minimum Gasteiger partial charge on any atom is -0.394 e. The topological polar surface area (TPSA) is 268 Å². The van der Waals surface area contributed by atoms with E-state index in [1.165, 1.54) is 0 Å². The van der Waals surface area contributed by atoms with E-state index >= 15 is 0 Å². The molecule has 14 atom stereocenters. The van der Waals surface area contributed by atoms with Gasteiger partial charge in [0.05, 0.1) is 30.9 Å². The van der Waals surface area contributed by atoms with Crippen molar-refractivity contribution in [2.24, 2.45) is 28.7 Å². The third-order valence-electron chi connectivity index (χ3n) is 6.41. The van der Waals surface area contributed by atoms with Gasteiger partial charge in [0, 0.05) is 18.6 Å². The molecule has 3 rings (SSSR count). The van der Waals surface area contributed by atoms with Crippen LogP contribution in [-0.2, 0) is 18.9 Å². The van der Waals surface area contributed by atoms with Crippen LogP contribution in [0.25, 0.3) is 0 Å². The second-order valence-electron chi connectivity index (χ2n) is 8.78. The van der Waals surface area contributed by atoms with Crippen molar-refractivity contribution in [3.63, 3.8) is 0 Å². The predicted molar refractivity (Wildman–Crippen MR) is 108 cm³/mol. The van der Waals surface area contributed by atoms with Crippen LogP contribution in [0.4, 0.5) is 0 Å². The minimum absolute atomic E-state index is 0.0542. The van der Waals surface area contributed by atoms with Crippen molar-refractivity contribution in [2.75, 3.05) is 13.2 Å². The highest BCUT2D eigenvalue weighted by Crippen LogP contribution is 2.30. The maximum Gasteiger partial charge on any atom is 0.186 e. The van der Waals surface area contributed by atoms with Crippen LogP contribution in [0.15, 0.2) is 0 Å². The van der Waals surface area contributed by atoms with Crippen molar-refractivity contribution in [3.05, 3.63) is 0 Å². The number of hydrogen-bond donors (Lipinski definition) is 10. The van der Waals surface area contributed by atoms with Crippen molar-refractivity contribution < 1.29 is 44.5 Å². The highest BCUT2D eigenvalue weighted by atomic mass is 16.7. The quantitative estimate of drug-likeness (QED) is 0.174. The molecule has 14 nitrogen and oxygen atoms in total. The Morgan fingerprint density at radius 2 is 1.28 bits per heavy atom. The Labute approximate surface area is 185 Å². The van der Waals surface area contributed by atoms with Gasteiger partial charge in [0.25, 0.3) is 0 Å². The molecule has 32 heavy (non-hydrogen) atoms. The fourth-order valence-electron chi connectivity index (χ4n) is 4.43. The Morgan fingerprint density at radius 3 is 1.84 bits per heavy atom. The van der Waals surface area contributed by atoms with Crippen molar-refractivity contribution in [1.29, 1.82) is 0 Å². The molecule has 2 heterocycles. The number of hydrogen-bond acceptors (Lipinski definition) is 14. The Morgan fingerprint density at radius 1 is 0.719 bits per heavy atom. The fourth-order valence-corrected chi connectivity index (χ4v) is 4.43. The molecule has 14 heteroatoms. The van der Waals surface area contributed by atoms with Gasteiger partial charge in [-0.15, -0.1) is 0 Å². The molecule has 1 saturated carbocycles. The molecule has 3 aliphatic rings. The Kier molecular flexibility index (Phi) is 8.79. The summed E-state index contributed by atoms with van der Waals surface area (Å²) in [7, 11) is 0. The van der Waals surface area contributed by atoms with Crippen LogP contribution in [0, 0.1) is 0 Å². The molecule has 0 bridgehead atoms. The van der Waals surface area contributed by atoms with Gasteiger partial charge in [-0.25, -0.2) is 0 Å². The van der Waals surface area contributed by atoms with Crippen LogP contribution >= 0.6 is 0 Å². The molecule has 188 valence electrons. The lowest BCUT2D eigenvalue weighted by molar-refractivity contribution is -0.314. The minimum atomic E-state index is -1.44.